The number of ether oxygens (including phenoxy) is 1. The van der Waals surface area contributed by atoms with E-state index in [0.717, 1.165) is 12.1 Å². The molecule has 138 valence electrons. The van der Waals surface area contributed by atoms with Crippen molar-refractivity contribution in [1.82, 2.24) is 9.97 Å². The number of rotatable bonds is 3. The van der Waals surface area contributed by atoms with E-state index in [1.807, 2.05) is 0 Å². The van der Waals surface area contributed by atoms with Gasteiger partial charge in [-0.2, -0.15) is 22.0 Å². The molecule has 0 atom stereocenters. The summed E-state index contributed by atoms with van der Waals surface area (Å²) in [5.74, 6) is -3.78. The van der Waals surface area contributed by atoms with Crippen molar-refractivity contribution in [2.24, 2.45) is 0 Å². The van der Waals surface area contributed by atoms with Gasteiger partial charge in [0.1, 0.15) is 11.5 Å². The van der Waals surface area contributed by atoms with Crippen molar-refractivity contribution in [2.75, 3.05) is 0 Å². The molecule has 2 aromatic carbocycles. The second-order valence-electron chi connectivity index (χ2n) is 5.52. The van der Waals surface area contributed by atoms with Crippen LogP contribution in [0.3, 0.4) is 0 Å². The summed E-state index contributed by atoms with van der Waals surface area (Å²) in [5, 5.41) is -0.234. The summed E-state index contributed by atoms with van der Waals surface area (Å²) in [6.45, 7) is 0.686. The molecule has 1 aromatic heterocycles. The first-order valence-corrected chi connectivity index (χ1v) is 7.83. The molecular formula is C16H9Cl2F5N2O. The zero-order valence-electron chi connectivity index (χ0n) is 12.9. The van der Waals surface area contributed by atoms with Gasteiger partial charge in [-0.05, 0) is 24.3 Å². The Hall–Kier alpha value is -2.06. The fourth-order valence-corrected chi connectivity index (χ4v) is 2.60. The zero-order chi connectivity index (χ0) is 19.3. The molecule has 10 heteroatoms. The van der Waals surface area contributed by atoms with Crippen LogP contribution in [-0.2, 0) is 12.1 Å². The number of aromatic amines is 1. The molecule has 26 heavy (non-hydrogen) atoms. The normalized spacial score (nSPS) is 12.6. The van der Waals surface area contributed by atoms with Gasteiger partial charge in [-0.15, -0.1) is 0 Å². The Morgan fingerprint density at radius 1 is 0.962 bits per heavy atom. The Kier molecular flexibility index (Phi) is 4.52. The molecule has 0 aliphatic carbocycles. The first kappa shape index (κ1) is 18.7. The van der Waals surface area contributed by atoms with Crippen molar-refractivity contribution in [3.8, 4) is 11.5 Å². The number of hydrogen-bond donors (Lipinski definition) is 1. The predicted molar refractivity (Wildman–Crippen MR) is 87.2 cm³/mol. The van der Waals surface area contributed by atoms with Crippen molar-refractivity contribution in [2.45, 2.75) is 19.0 Å². The second kappa shape index (κ2) is 6.28. The fraction of sp³-hybridized carbons (Fsp3) is 0.188. The Labute approximate surface area is 153 Å². The number of aromatic nitrogens is 2. The maximum Gasteiger partial charge on any atom is 0.416 e. The van der Waals surface area contributed by atoms with E-state index in [1.165, 1.54) is 12.1 Å². The number of hydrogen-bond acceptors (Lipinski definition) is 2. The monoisotopic (exact) mass is 410 g/mol. The molecule has 3 rings (SSSR count). The average Bonchev–Trinajstić information content (AvgIpc) is 2.91. The van der Waals surface area contributed by atoms with E-state index in [1.54, 1.807) is 0 Å². The highest BCUT2D eigenvalue weighted by Gasteiger charge is 2.31. The van der Waals surface area contributed by atoms with Gasteiger partial charge in [0.25, 0.3) is 0 Å². The average molecular weight is 411 g/mol. The zero-order valence-corrected chi connectivity index (χ0v) is 14.4. The SMILES string of the molecule is CC(F)(F)c1nc2cc(Oc3ccc(C(F)(F)F)cc3Cl)c(Cl)cc2[nH]1. The van der Waals surface area contributed by atoms with Crippen LogP contribution in [0.2, 0.25) is 10.0 Å². The largest absolute Gasteiger partial charge is 0.454 e. The molecule has 0 spiro atoms. The smallest absolute Gasteiger partial charge is 0.416 e. The quantitative estimate of drug-likeness (QED) is 0.482. The summed E-state index contributed by atoms with van der Waals surface area (Å²) < 4.78 is 70.2. The molecule has 0 unspecified atom stereocenters. The molecule has 0 amide bonds. The molecule has 0 saturated heterocycles. The molecular weight excluding hydrogens is 402 g/mol. The summed E-state index contributed by atoms with van der Waals surface area (Å²) in [5.41, 5.74) is -0.514. The van der Waals surface area contributed by atoms with E-state index in [4.69, 9.17) is 27.9 Å². The number of H-pyrrole nitrogens is 1. The maximum absolute atomic E-state index is 13.4. The summed E-state index contributed by atoms with van der Waals surface area (Å²) in [6.07, 6.45) is -4.55. The molecule has 1 heterocycles. The van der Waals surface area contributed by atoms with E-state index in [2.05, 4.69) is 9.97 Å². The third-order valence-electron chi connectivity index (χ3n) is 3.43. The lowest BCUT2D eigenvalue weighted by atomic mass is 10.2. The van der Waals surface area contributed by atoms with Gasteiger partial charge in [0.15, 0.2) is 5.82 Å². The Morgan fingerprint density at radius 3 is 2.19 bits per heavy atom. The van der Waals surface area contributed by atoms with Crippen molar-refractivity contribution in [3.05, 3.63) is 51.8 Å². The number of alkyl halides is 5. The van der Waals surface area contributed by atoms with E-state index < -0.39 is 23.5 Å². The molecule has 0 bridgehead atoms. The number of nitrogens with zero attached hydrogens (tertiary/aromatic N) is 1. The number of nitrogens with one attached hydrogen (secondary N) is 1. The summed E-state index contributed by atoms with van der Waals surface area (Å²) in [4.78, 5) is 6.22. The molecule has 0 aliphatic rings. The minimum atomic E-state index is -4.55. The third kappa shape index (κ3) is 3.71. The van der Waals surface area contributed by atoms with Crippen LogP contribution in [-0.4, -0.2) is 9.97 Å². The standard InChI is InChI=1S/C16H9Cl2F5N2O/c1-15(19,20)14-24-10-5-9(18)13(6-11(10)25-14)26-12-3-2-7(4-8(12)17)16(21,22)23/h2-6H,1H3,(H,24,25). The van der Waals surface area contributed by atoms with Crippen LogP contribution < -0.4 is 4.74 Å². The summed E-state index contributed by atoms with van der Waals surface area (Å²) in [6, 6.07) is 5.18. The van der Waals surface area contributed by atoms with Crippen molar-refractivity contribution in [3.63, 3.8) is 0 Å². The van der Waals surface area contributed by atoms with Crippen LogP contribution in [0.1, 0.15) is 18.3 Å². The fourth-order valence-electron chi connectivity index (χ4n) is 2.18. The summed E-state index contributed by atoms with van der Waals surface area (Å²) >= 11 is 11.9. The van der Waals surface area contributed by atoms with Crippen LogP contribution in [0.25, 0.3) is 11.0 Å². The second-order valence-corrected chi connectivity index (χ2v) is 6.33. The predicted octanol–water partition coefficient (Wildman–Crippen LogP) is 6.79. The highest BCUT2D eigenvalue weighted by molar-refractivity contribution is 6.33. The van der Waals surface area contributed by atoms with Crippen LogP contribution in [0.15, 0.2) is 30.3 Å². The lowest BCUT2D eigenvalue weighted by Gasteiger charge is -2.12. The van der Waals surface area contributed by atoms with Crippen molar-refractivity contribution in [1.29, 1.82) is 0 Å². The van der Waals surface area contributed by atoms with E-state index in [-0.39, 0.29) is 32.6 Å². The number of halogens is 7. The van der Waals surface area contributed by atoms with E-state index in [9.17, 15) is 22.0 Å². The maximum atomic E-state index is 13.4. The Bertz CT molecular complexity index is 979. The molecule has 0 aliphatic heterocycles. The lowest BCUT2D eigenvalue weighted by molar-refractivity contribution is -0.137. The van der Waals surface area contributed by atoms with E-state index in [0.29, 0.717) is 13.0 Å². The molecule has 0 radical (unpaired) electrons. The van der Waals surface area contributed by atoms with Crippen molar-refractivity contribution < 1.29 is 26.7 Å². The molecule has 1 N–H and O–H groups in total. The Morgan fingerprint density at radius 2 is 1.62 bits per heavy atom. The van der Waals surface area contributed by atoms with Crippen LogP contribution in [0, 0.1) is 0 Å². The lowest BCUT2D eigenvalue weighted by Crippen LogP contribution is -2.08. The topological polar surface area (TPSA) is 37.9 Å². The molecule has 0 fully saturated rings. The minimum absolute atomic E-state index is 0.0123. The molecule has 3 aromatic rings. The van der Waals surface area contributed by atoms with Gasteiger partial charge in [-0.25, -0.2) is 4.98 Å². The summed E-state index contributed by atoms with van der Waals surface area (Å²) in [7, 11) is 0. The van der Waals surface area contributed by atoms with Crippen molar-refractivity contribution >= 4 is 34.2 Å². The van der Waals surface area contributed by atoms with Gasteiger partial charge < -0.3 is 9.72 Å². The third-order valence-corrected chi connectivity index (χ3v) is 4.02. The van der Waals surface area contributed by atoms with Gasteiger partial charge in [0.2, 0.25) is 0 Å². The number of imidazole rings is 1. The van der Waals surface area contributed by atoms with E-state index >= 15 is 0 Å². The number of fused-ring (bicyclic) bond motifs is 1. The Balaban J connectivity index is 1.97. The van der Waals surface area contributed by atoms with Crippen LogP contribution in [0.5, 0.6) is 11.5 Å². The highest BCUT2D eigenvalue weighted by atomic mass is 35.5. The van der Waals surface area contributed by atoms with Gasteiger partial charge in [0.05, 0.1) is 26.6 Å². The van der Waals surface area contributed by atoms with Crippen LogP contribution >= 0.6 is 23.2 Å². The van der Waals surface area contributed by atoms with Gasteiger partial charge in [-0.1, -0.05) is 23.2 Å². The van der Waals surface area contributed by atoms with Gasteiger partial charge >= 0.3 is 12.1 Å². The van der Waals surface area contributed by atoms with Gasteiger partial charge in [0, 0.05) is 13.0 Å². The highest BCUT2D eigenvalue weighted by Crippen LogP contribution is 2.39. The van der Waals surface area contributed by atoms with Crippen LogP contribution in [0.4, 0.5) is 22.0 Å². The van der Waals surface area contributed by atoms with Gasteiger partial charge in [-0.3, -0.25) is 0 Å². The minimum Gasteiger partial charge on any atom is -0.454 e. The molecule has 0 saturated carbocycles. The first-order chi connectivity index (χ1) is 11.9. The molecule has 3 nitrogen and oxygen atoms in total. The first-order valence-electron chi connectivity index (χ1n) is 7.07. The number of benzene rings is 2.